The fourth-order valence-electron chi connectivity index (χ4n) is 14.3. The number of nitrogens with one attached hydrogen (secondary N) is 5. The van der Waals surface area contributed by atoms with Crippen molar-refractivity contribution in [1.82, 2.24) is 26.6 Å². The average molecular weight is 1670 g/mol. The molecule has 44 atom stereocenters. The van der Waals surface area contributed by atoms with Crippen LogP contribution in [-0.4, -0.2) is 481 Å². The van der Waals surface area contributed by atoms with Gasteiger partial charge in [0.2, 0.25) is 29.5 Å². The lowest BCUT2D eigenvalue weighted by atomic mass is 9.94. The zero-order chi connectivity index (χ0) is 84.5. The summed E-state index contributed by atoms with van der Waals surface area (Å²) in [5.41, 5.74) is 0. The number of amides is 5. The highest BCUT2D eigenvalue weighted by atomic mass is 16.8. The minimum Gasteiger partial charge on any atom is -0.394 e. The van der Waals surface area contributed by atoms with E-state index < -0.39 is 359 Å². The molecule has 0 unspecified atom stereocenters. The van der Waals surface area contributed by atoms with Crippen LogP contribution in [0.1, 0.15) is 41.5 Å². The quantitative estimate of drug-likeness (QED) is 0.0290. The molecule has 0 spiro atoms. The van der Waals surface area contributed by atoms with Crippen molar-refractivity contribution in [2.45, 2.75) is 311 Å². The van der Waals surface area contributed by atoms with Gasteiger partial charge in [-0.1, -0.05) is 0 Å². The monoisotopic (exact) mass is 1670 g/mol. The Bertz CT molecular complexity index is 3030. The molecule has 50 heteroatoms. The van der Waals surface area contributed by atoms with E-state index in [0.717, 1.165) is 34.6 Å². The van der Waals surface area contributed by atoms with Crippen LogP contribution in [0, 0.1) is 0 Å². The lowest BCUT2D eigenvalue weighted by molar-refractivity contribution is -0.383. The highest BCUT2D eigenvalue weighted by Crippen LogP contribution is 2.39. The summed E-state index contributed by atoms with van der Waals surface area (Å²) in [4.78, 5) is 64.1. The van der Waals surface area contributed by atoms with Crippen LogP contribution in [0.25, 0.3) is 0 Å². The molecule has 8 saturated heterocycles. The predicted molar refractivity (Wildman–Crippen MR) is 356 cm³/mol. The normalized spacial score (nSPS) is 45.3. The molecular formula is C64H109N5O45. The first-order chi connectivity index (χ1) is 53.8. The molecule has 8 fully saturated rings. The molecule has 8 aliphatic rings. The Balaban J connectivity index is 1.10. The molecule has 0 aromatic carbocycles. The van der Waals surface area contributed by atoms with E-state index >= 15 is 0 Å². The number of hydrogen-bond acceptors (Lipinski definition) is 45. The van der Waals surface area contributed by atoms with Crippen LogP contribution >= 0.6 is 0 Å². The van der Waals surface area contributed by atoms with Crippen LogP contribution < -0.4 is 26.6 Å². The summed E-state index contributed by atoms with van der Waals surface area (Å²) in [7, 11) is 0. The molecule has 0 bridgehead atoms. The van der Waals surface area contributed by atoms with Crippen molar-refractivity contribution in [1.29, 1.82) is 0 Å². The first-order valence-electron chi connectivity index (χ1n) is 36.4. The maximum atomic E-state index is 13.1. The van der Waals surface area contributed by atoms with Gasteiger partial charge in [-0.25, -0.2) is 0 Å². The zero-order valence-corrected chi connectivity index (χ0v) is 62.1. The van der Waals surface area contributed by atoms with Crippen molar-refractivity contribution < 1.29 is 222 Å². The number of ether oxygens (including phenoxy) is 16. The molecular weight excluding hydrogens is 1560 g/mol. The van der Waals surface area contributed by atoms with E-state index in [-0.39, 0.29) is 0 Å². The summed E-state index contributed by atoms with van der Waals surface area (Å²) >= 11 is 0. The van der Waals surface area contributed by atoms with Gasteiger partial charge in [0.1, 0.15) is 207 Å². The summed E-state index contributed by atoms with van der Waals surface area (Å²) in [6, 6.07) is -9.29. The van der Waals surface area contributed by atoms with Crippen LogP contribution in [0.5, 0.6) is 0 Å². The average Bonchev–Trinajstić information content (AvgIpc) is 0.775. The van der Waals surface area contributed by atoms with Gasteiger partial charge in [0, 0.05) is 34.6 Å². The molecule has 114 heavy (non-hydrogen) atoms. The molecule has 50 nitrogen and oxygen atoms in total. The summed E-state index contributed by atoms with van der Waals surface area (Å²) in [6.45, 7) is -3.80. The number of hydrogen-bond donors (Lipinski definition) is 29. The zero-order valence-electron chi connectivity index (χ0n) is 62.1. The molecule has 0 radical (unpaired) electrons. The van der Waals surface area contributed by atoms with E-state index in [1.165, 1.54) is 6.92 Å². The van der Waals surface area contributed by atoms with E-state index in [1.54, 1.807) is 0 Å². The van der Waals surface area contributed by atoms with Crippen molar-refractivity contribution in [2.24, 2.45) is 0 Å². The highest BCUT2D eigenvalue weighted by Gasteiger charge is 2.60. The van der Waals surface area contributed by atoms with Gasteiger partial charge in [-0.3, -0.25) is 24.0 Å². The minimum atomic E-state index is -2.56. The first-order valence-corrected chi connectivity index (χ1v) is 36.4. The number of carbonyl (C=O) groups is 5. The fraction of sp³-hybridized carbons (Fsp3) is 0.922. The third-order valence-electron chi connectivity index (χ3n) is 20.4. The first kappa shape index (κ1) is 95.2. The maximum absolute atomic E-state index is 13.1. The molecule has 5 amide bonds. The number of aliphatic hydroxyl groups excluding tert-OH is 24. The lowest BCUT2D eigenvalue weighted by Crippen LogP contribution is -2.70. The van der Waals surface area contributed by atoms with Crippen LogP contribution in [0.15, 0.2) is 0 Å². The summed E-state index contributed by atoms with van der Waals surface area (Å²) < 4.78 is 94.3. The van der Waals surface area contributed by atoms with Gasteiger partial charge in [-0.2, -0.15) is 0 Å². The van der Waals surface area contributed by atoms with Crippen LogP contribution in [0.2, 0.25) is 0 Å². The molecule has 8 aliphatic heterocycles. The van der Waals surface area contributed by atoms with Gasteiger partial charge >= 0.3 is 0 Å². The maximum Gasteiger partial charge on any atom is 0.217 e. The molecule has 0 aromatic heterocycles. The molecule has 0 aliphatic carbocycles. The molecule has 29 N–H and O–H groups in total. The Labute approximate surface area is 647 Å². The highest BCUT2D eigenvalue weighted by molar-refractivity contribution is 5.75. The number of aliphatic hydroxyl groups is 24. The lowest BCUT2D eigenvalue weighted by Gasteiger charge is -2.50. The Kier molecular flexibility index (Phi) is 35.3. The van der Waals surface area contributed by atoms with Crippen molar-refractivity contribution in [2.75, 3.05) is 59.5 Å². The van der Waals surface area contributed by atoms with Crippen LogP contribution in [0.4, 0.5) is 0 Å². The van der Waals surface area contributed by atoms with Crippen molar-refractivity contribution in [3.8, 4) is 0 Å². The number of carbonyl (C=O) groups excluding carboxylic acids is 5. The van der Waals surface area contributed by atoms with Gasteiger partial charge in [0.15, 0.2) is 50.3 Å². The second kappa shape index (κ2) is 42.3. The van der Waals surface area contributed by atoms with E-state index in [0.29, 0.717) is 0 Å². The Morgan fingerprint density at radius 3 is 1.13 bits per heavy atom. The largest absolute Gasteiger partial charge is 0.394 e. The van der Waals surface area contributed by atoms with E-state index in [9.17, 15) is 147 Å². The molecule has 660 valence electrons. The Morgan fingerprint density at radius 1 is 0.325 bits per heavy atom. The SMILES string of the molecule is CC(=O)N[C@H]1[C@H](OC[C@H]2O[C@@H](O[C@@H]([C@@H](O)[C@H](O)CO[C@@H]3O[C@H](CO)[C@@H](O[C@@H]4O[C@H](CO)[C@H](O)[C@H](O)[C@H]4O[C@@H]4O[C@@H](C)[C@@H](O)[C@@H](O)[C@@H]4O)[C@H](O)[C@H]3NC(C)=O)[C@H](CO)NC(C)=O)[C@H](O)[C@@H](O[C@@H]3O[C@H](CO)[C@@H](O[C@@H]4O[C@H](CO)[C@H](O)[C@H](O)[C@H]4NC(C)=O)[C@H](O)[C@H]3NC(C)=O)[C@H]2O)O[C@H](CO)[C@@H](O[C@@H]2O[C@H](CO)[C@H](O)[C@H](O)[C@H]2O)[C@@H]1O. The molecule has 8 rings (SSSR count). The van der Waals surface area contributed by atoms with Crippen molar-refractivity contribution >= 4 is 29.5 Å². The van der Waals surface area contributed by atoms with Gasteiger partial charge in [0.05, 0.1) is 71.6 Å². The van der Waals surface area contributed by atoms with E-state index in [2.05, 4.69) is 26.6 Å². The molecule has 0 saturated carbocycles. The summed E-state index contributed by atoms with van der Waals surface area (Å²) in [6.07, 6.45) is -78.4. The van der Waals surface area contributed by atoms with Gasteiger partial charge < -0.3 is 225 Å². The van der Waals surface area contributed by atoms with Crippen LogP contribution in [-0.2, 0) is 99.8 Å². The molecule has 0 aromatic rings. The fourth-order valence-corrected chi connectivity index (χ4v) is 14.3. The van der Waals surface area contributed by atoms with E-state index in [1.807, 2.05) is 0 Å². The topological polar surface area (TPSA) is 779 Å². The minimum absolute atomic E-state index is 0.815. The Hall–Kier alpha value is -4.25. The van der Waals surface area contributed by atoms with Crippen LogP contribution in [0.3, 0.4) is 0 Å². The third kappa shape index (κ3) is 22.1. The van der Waals surface area contributed by atoms with Gasteiger partial charge in [-0.05, 0) is 6.92 Å². The second-order valence-corrected chi connectivity index (χ2v) is 28.7. The van der Waals surface area contributed by atoms with Crippen molar-refractivity contribution in [3.05, 3.63) is 0 Å². The van der Waals surface area contributed by atoms with Gasteiger partial charge in [0.25, 0.3) is 0 Å². The third-order valence-corrected chi connectivity index (χ3v) is 20.4. The smallest absolute Gasteiger partial charge is 0.217 e. The van der Waals surface area contributed by atoms with Crippen molar-refractivity contribution in [3.63, 3.8) is 0 Å². The number of rotatable bonds is 33. The standard InChI is InChI=1S/C64H109N5O45/c1-16-35(83)45(93)48(96)61(101-16)114-56-47(95)39(87)26(10-73)104-64(56)112-54-28(12-75)105-57(32(43(54)91)67-19(4)79)99-14-23(82)36(84)51(22(7-70)65-17(2)77)109-63-50(98)55(113-60-34(69-21(6)81)44(92)52(29(13-76)107-60)110-59-31(66-18(3)78)41(89)37(85)24(8-71)102-59)40(88)30(108-63)15-100-58-33(68-20(5)80)42(90)53(27(11-74)106-58)111-62-49(97)46(94)38(86)25(9-72)103-62/h16,22-64,70-76,82-98H,7-15H2,1-6H3,(H,65,77)(H,66,78)(H,67,79)(H,68,80)(H,69,81)/t16-,22-,23+,24+,25+,26+,27+,28+,29+,30+,31+,32+,33+,34+,35+,36-,37-,38-,39-,40-,41+,42+,43+,44+,45+,46-,47-,48-,49+,50+,51+,52+,53+,54+,55-,56+,57+,58+,59-,60-,61-,62-,63-,64-/m0/s1. The van der Waals surface area contributed by atoms with Gasteiger partial charge in [-0.15, -0.1) is 0 Å². The summed E-state index contributed by atoms with van der Waals surface area (Å²) in [5, 5.41) is 278. The van der Waals surface area contributed by atoms with E-state index in [4.69, 9.17) is 75.8 Å². The second-order valence-electron chi connectivity index (χ2n) is 28.7. The predicted octanol–water partition coefficient (Wildman–Crippen LogP) is -19.2. The Morgan fingerprint density at radius 2 is 0.675 bits per heavy atom. The summed E-state index contributed by atoms with van der Waals surface area (Å²) in [5.74, 6) is -4.59. The molecule has 8 heterocycles.